The van der Waals surface area contributed by atoms with Crippen LogP contribution < -0.4 is 5.73 Å². The highest BCUT2D eigenvalue weighted by Crippen LogP contribution is 2.27. The second-order valence-corrected chi connectivity index (χ2v) is 3.31. The average molecular weight is 194 g/mol. The lowest BCUT2D eigenvalue weighted by Crippen LogP contribution is -2.30. The monoisotopic (exact) mass is 193 g/mol. The Morgan fingerprint density at radius 1 is 1.50 bits per heavy atom. The number of hydrogen-bond acceptors (Lipinski definition) is 2. The molecule has 0 aromatic rings. The molecule has 3 N–H and O–H groups in total. The van der Waals surface area contributed by atoms with Gasteiger partial charge in [-0.2, -0.15) is 0 Å². The van der Waals surface area contributed by atoms with Crippen molar-refractivity contribution < 1.29 is 9.90 Å². The molecule has 0 spiro atoms. The normalized spacial score (nSPS) is 20.1. The van der Waals surface area contributed by atoms with E-state index in [4.69, 9.17) is 10.8 Å². The quantitative estimate of drug-likeness (QED) is 0.712. The summed E-state index contributed by atoms with van der Waals surface area (Å²) in [4.78, 5) is 10.3. The summed E-state index contributed by atoms with van der Waals surface area (Å²) < 4.78 is 0. The summed E-state index contributed by atoms with van der Waals surface area (Å²) in [7, 11) is 0. The zero-order chi connectivity index (χ0) is 8.27. The van der Waals surface area contributed by atoms with Gasteiger partial charge < -0.3 is 10.8 Å². The van der Waals surface area contributed by atoms with Gasteiger partial charge >= 0.3 is 5.97 Å². The highest BCUT2D eigenvalue weighted by molar-refractivity contribution is 5.85. The molecule has 1 saturated carbocycles. The molecule has 4 heteroatoms. The lowest BCUT2D eigenvalue weighted by atomic mass is 9.96. The van der Waals surface area contributed by atoms with Gasteiger partial charge in [0.1, 0.15) is 0 Å². The van der Waals surface area contributed by atoms with Crippen molar-refractivity contribution >= 4 is 18.4 Å². The van der Waals surface area contributed by atoms with Crippen LogP contribution in [0, 0.1) is 5.92 Å². The van der Waals surface area contributed by atoms with E-state index in [-0.39, 0.29) is 24.9 Å². The first-order chi connectivity index (χ1) is 5.20. The second kappa shape index (κ2) is 5.38. The lowest BCUT2D eigenvalue weighted by molar-refractivity contribution is -0.137. The van der Waals surface area contributed by atoms with Crippen LogP contribution in [0.5, 0.6) is 0 Å². The van der Waals surface area contributed by atoms with Gasteiger partial charge in [-0.25, -0.2) is 0 Å². The average Bonchev–Trinajstić information content (AvgIpc) is 2.35. The van der Waals surface area contributed by atoms with Gasteiger partial charge in [0.15, 0.2) is 0 Å². The molecule has 1 aliphatic carbocycles. The molecule has 1 unspecified atom stereocenters. The molecule has 0 aliphatic heterocycles. The van der Waals surface area contributed by atoms with Crippen LogP contribution in [0.4, 0.5) is 0 Å². The first-order valence-corrected chi connectivity index (χ1v) is 4.17. The molecular weight excluding hydrogens is 178 g/mol. The molecule has 0 bridgehead atoms. The van der Waals surface area contributed by atoms with Crippen LogP contribution in [0.3, 0.4) is 0 Å². The summed E-state index contributed by atoms with van der Waals surface area (Å²) in [6.45, 7) is 0. The maximum absolute atomic E-state index is 10.3. The van der Waals surface area contributed by atoms with Crippen molar-refractivity contribution in [1.29, 1.82) is 0 Å². The fourth-order valence-electron chi connectivity index (χ4n) is 1.75. The van der Waals surface area contributed by atoms with E-state index in [2.05, 4.69) is 0 Å². The van der Waals surface area contributed by atoms with Gasteiger partial charge in [-0.15, -0.1) is 12.4 Å². The summed E-state index contributed by atoms with van der Waals surface area (Å²) in [5.74, 6) is -0.310. The highest BCUT2D eigenvalue weighted by atomic mass is 35.5. The summed E-state index contributed by atoms with van der Waals surface area (Å²) in [5.41, 5.74) is 5.70. The fourth-order valence-corrected chi connectivity index (χ4v) is 1.75. The molecule has 0 aromatic carbocycles. The molecule has 0 amide bonds. The topological polar surface area (TPSA) is 63.3 Å². The number of hydrogen-bond donors (Lipinski definition) is 2. The zero-order valence-corrected chi connectivity index (χ0v) is 7.85. The van der Waals surface area contributed by atoms with E-state index in [1.165, 1.54) is 12.8 Å². The van der Waals surface area contributed by atoms with Gasteiger partial charge in [0.05, 0.1) is 6.42 Å². The Balaban J connectivity index is 0.00000121. The van der Waals surface area contributed by atoms with Gasteiger partial charge in [-0.05, 0) is 18.8 Å². The second-order valence-electron chi connectivity index (χ2n) is 3.31. The predicted octanol–water partition coefficient (Wildman–Crippen LogP) is 1.40. The molecule has 1 fully saturated rings. The Hall–Kier alpha value is -0.280. The van der Waals surface area contributed by atoms with Crippen LogP contribution in [-0.4, -0.2) is 17.1 Å². The summed E-state index contributed by atoms with van der Waals surface area (Å²) in [5, 5.41) is 8.46. The van der Waals surface area contributed by atoms with Crippen LogP contribution in [0.25, 0.3) is 0 Å². The van der Waals surface area contributed by atoms with Crippen molar-refractivity contribution in [3.8, 4) is 0 Å². The molecule has 3 nitrogen and oxygen atoms in total. The predicted molar refractivity (Wildman–Crippen MR) is 49.4 cm³/mol. The number of aliphatic carboxylic acids is 1. The van der Waals surface area contributed by atoms with E-state index < -0.39 is 5.97 Å². The zero-order valence-electron chi connectivity index (χ0n) is 7.03. The third kappa shape index (κ3) is 3.41. The largest absolute Gasteiger partial charge is 0.481 e. The number of halogens is 1. The molecule has 1 aliphatic rings. The molecule has 0 heterocycles. The third-order valence-electron chi connectivity index (χ3n) is 2.42. The first kappa shape index (κ1) is 11.7. The Bertz CT molecular complexity index is 146. The summed E-state index contributed by atoms with van der Waals surface area (Å²) >= 11 is 0. The molecule has 12 heavy (non-hydrogen) atoms. The highest BCUT2D eigenvalue weighted by Gasteiger charge is 2.23. The minimum Gasteiger partial charge on any atom is -0.481 e. The fraction of sp³-hybridized carbons (Fsp3) is 0.875. The van der Waals surface area contributed by atoms with Crippen LogP contribution in [-0.2, 0) is 4.79 Å². The van der Waals surface area contributed by atoms with E-state index >= 15 is 0 Å². The van der Waals surface area contributed by atoms with Gasteiger partial charge in [-0.3, -0.25) is 4.79 Å². The number of rotatable bonds is 3. The van der Waals surface area contributed by atoms with E-state index in [1.54, 1.807) is 0 Å². The molecule has 0 radical (unpaired) electrons. The minimum atomic E-state index is -0.774. The number of nitrogens with two attached hydrogens (primary N) is 1. The maximum atomic E-state index is 10.3. The van der Waals surface area contributed by atoms with Gasteiger partial charge in [0, 0.05) is 6.04 Å². The van der Waals surface area contributed by atoms with Crippen molar-refractivity contribution in [3.63, 3.8) is 0 Å². The summed E-state index contributed by atoms with van der Waals surface area (Å²) in [6, 6.07) is -0.116. The molecule has 1 atom stereocenters. The van der Waals surface area contributed by atoms with E-state index in [0.717, 1.165) is 12.8 Å². The van der Waals surface area contributed by atoms with Crippen molar-refractivity contribution in [2.24, 2.45) is 11.7 Å². The number of carboxylic acids is 1. The SMILES string of the molecule is Cl.NC(CC(=O)O)C1CCCC1. The summed E-state index contributed by atoms with van der Waals surface area (Å²) in [6.07, 6.45) is 4.81. The van der Waals surface area contributed by atoms with Crippen molar-refractivity contribution in [3.05, 3.63) is 0 Å². The Labute approximate surface area is 78.7 Å². The van der Waals surface area contributed by atoms with Crippen molar-refractivity contribution in [1.82, 2.24) is 0 Å². The Morgan fingerprint density at radius 3 is 2.42 bits per heavy atom. The first-order valence-electron chi connectivity index (χ1n) is 4.17. The molecule has 0 saturated heterocycles. The van der Waals surface area contributed by atoms with Crippen LogP contribution in [0.2, 0.25) is 0 Å². The molecular formula is C8H16ClNO2. The number of carbonyl (C=O) groups is 1. The molecule has 1 rings (SSSR count). The molecule has 72 valence electrons. The van der Waals surface area contributed by atoms with Gasteiger partial charge in [-0.1, -0.05) is 12.8 Å². The maximum Gasteiger partial charge on any atom is 0.304 e. The smallest absolute Gasteiger partial charge is 0.304 e. The third-order valence-corrected chi connectivity index (χ3v) is 2.42. The van der Waals surface area contributed by atoms with Crippen molar-refractivity contribution in [2.45, 2.75) is 38.1 Å². The van der Waals surface area contributed by atoms with E-state index in [9.17, 15) is 4.79 Å². The van der Waals surface area contributed by atoms with Crippen LogP contribution in [0.1, 0.15) is 32.1 Å². The minimum absolute atomic E-state index is 0. The van der Waals surface area contributed by atoms with Crippen molar-refractivity contribution in [2.75, 3.05) is 0 Å². The van der Waals surface area contributed by atoms with E-state index in [0.29, 0.717) is 5.92 Å². The van der Waals surface area contributed by atoms with E-state index in [1.807, 2.05) is 0 Å². The standard InChI is InChI=1S/C8H15NO2.ClH/c9-7(5-8(10)11)6-3-1-2-4-6;/h6-7H,1-5,9H2,(H,10,11);1H. The Kier molecular flexibility index (Phi) is 5.25. The van der Waals surface area contributed by atoms with Crippen LogP contribution in [0.15, 0.2) is 0 Å². The Morgan fingerprint density at radius 2 is 2.00 bits per heavy atom. The van der Waals surface area contributed by atoms with Gasteiger partial charge in [0.25, 0.3) is 0 Å². The van der Waals surface area contributed by atoms with Crippen LogP contribution >= 0.6 is 12.4 Å². The van der Waals surface area contributed by atoms with Gasteiger partial charge in [0.2, 0.25) is 0 Å². The molecule has 0 aromatic heterocycles. The lowest BCUT2D eigenvalue weighted by Gasteiger charge is -2.15. The number of carboxylic acid groups (broad SMARTS) is 1.